The molecule has 2 heterocycles. The fraction of sp³-hybridized carbons (Fsp3) is 0.273. The maximum atomic E-state index is 11.8. The third-order valence-corrected chi connectivity index (χ3v) is 5.73. The first-order valence-electron chi connectivity index (χ1n) is 18.3. The van der Waals surface area contributed by atoms with Crippen molar-refractivity contribution in [1.82, 2.24) is 9.97 Å². The number of aliphatic hydroxyl groups is 2. The van der Waals surface area contributed by atoms with Gasteiger partial charge in [0.25, 0.3) is 0 Å². The molecule has 0 unspecified atom stereocenters. The van der Waals surface area contributed by atoms with E-state index in [0.29, 0.717) is 11.1 Å². The predicted molar refractivity (Wildman–Crippen MR) is 235 cm³/mol. The molecule has 2 aromatic heterocycles. The summed E-state index contributed by atoms with van der Waals surface area (Å²) in [6.45, 7) is 12.3. The third kappa shape index (κ3) is 39.3. The van der Waals surface area contributed by atoms with Crippen LogP contribution in [-0.4, -0.2) is 82.4 Å². The minimum atomic E-state index is -0.572. The molecule has 370 valence electrons. The minimum Gasteiger partial charge on any atom is -0.876 e. The largest absolute Gasteiger partial charge is 3.00 e. The van der Waals surface area contributed by atoms with Gasteiger partial charge in [-0.15, -0.1) is 11.5 Å². The van der Waals surface area contributed by atoms with E-state index < -0.39 is 11.8 Å². The molecule has 0 aliphatic heterocycles. The molecule has 2 radical (unpaired) electrons. The fourth-order valence-corrected chi connectivity index (χ4v) is 3.53. The Kier molecular flexibility index (Phi) is 48.2. The van der Waals surface area contributed by atoms with E-state index in [1.54, 1.807) is 88.4 Å². The standard InChI is InChI=1S/2C14H13N3O3.2C5H8O2.2C3H8O.2Er.2H2O/c2*1-20-12-7-4-5-10(13(12)18)9-16-17-14(19)11-6-2-3-8-15-11;2*1-4(6)3-5(2)7;2*1-3(2)4;;;;/h2*2-9,18H,1H3,(H,17,19);2*3,6H,1-2H3;2*3-4H,1-2H3;;;2*1H2/q;;;;;;2*+3;;/p-4/b2*16-9+;2*4-3-;;;;;;. The van der Waals surface area contributed by atoms with E-state index in [-0.39, 0.29) is 155 Å². The number of carbonyl (C=O) groups is 2. The number of pyridine rings is 2. The molecule has 0 spiro atoms. The molecule has 8 N–H and O–H groups in total. The summed E-state index contributed by atoms with van der Waals surface area (Å²) in [7, 11) is 2.82. The van der Waals surface area contributed by atoms with Crippen LogP contribution >= 0.6 is 0 Å². The van der Waals surface area contributed by atoms with Gasteiger partial charge >= 0.3 is 74.6 Å². The zero-order valence-electron chi connectivity index (χ0n) is 37.9. The zero-order valence-corrected chi connectivity index (χ0v) is 41.6. The van der Waals surface area contributed by atoms with Gasteiger partial charge in [-0.1, -0.05) is 61.7 Å². The van der Waals surface area contributed by atoms with E-state index in [2.05, 4.69) is 30.4 Å². The van der Waals surface area contributed by atoms with Crippen LogP contribution < -0.4 is 40.1 Å². The number of hydrogen-bond acceptors (Lipinski definition) is 18. The van der Waals surface area contributed by atoms with E-state index in [1.165, 1.54) is 78.9 Å². The van der Waals surface area contributed by atoms with Crippen LogP contribution in [0.25, 0.3) is 0 Å². The van der Waals surface area contributed by atoms with Gasteiger partial charge in [-0.2, -0.15) is 20.4 Å². The summed E-state index contributed by atoms with van der Waals surface area (Å²) in [5.41, 5.74) is 0.971. The number of methoxy groups -OCH3 is 2. The van der Waals surface area contributed by atoms with Crippen LogP contribution in [0.2, 0.25) is 0 Å². The number of benzene rings is 2. The molecule has 0 atom stereocenters. The molecule has 20 nitrogen and oxygen atoms in total. The summed E-state index contributed by atoms with van der Waals surface area (Å²) in [4.78, 5) is 27.7. The molecule has 0 aliphatic carbocycles. The van der Waals surface area contributed by atoms with Gasteiger partial charge in [0.15, 0.2) is 11.6 Å². The smallest absolute Gasteiger partial charge is 0.876 e. The molecule has 22 heteroatoms. The van der Waals surface area contributed by atoms with Crippen LogP contribution in [0, 0.1) is 74.6 Å². The van der Waals surface area contributed by atoms with Gasteiger partial charge in [0.1, 0.15) is 11.5 Å². The molecule has 0 saturated carbocycles. The van der Waals surface area contributed by atoms with Crippen molar-refractivity contribution in [2.45, 2.75) is 67.6 Å². The number of aromatic nitrogens is 2. The van der Waals surface area contributed by atoms with Crippen molar-refractivity contribution in [3.63, 3.8) is 0 Å². The normalized spacial score (nSPS) is 10.6. The van der Waals surface area contributed by atoms with Crippen molar-refractivity contribution in [2.24, 2.45) is 20.4 Å². The average Bonchev–Trinajstić information content (AvgIpc) is 3.19. The number of carbonyl (C=O) groups excluding carboxylic acids is 2. The Morgan fingerprint density at radius 1 is 0.576 bits per heavy atom. The minimum absolute atomic E-state index is 0. The fourth-order valence-electron chi connectivity index (χ4n) is 3.53. The van der Waals surface area contributed by atoms with Gasteiger partial charge in [-0.3, -0.25) is 19.6 Å². The zero-order chi connectivity index (χ0) is 47.6. The van der Waals surface area contributed by atoms with Crippen molar-refractivity contribution in [3.05, 3.63) is 131 Å². The maximum Gasteiger partial charge on any atom is 3.00 e. The second-order valence-corrected chi connectivity index (χ2v) is 12.4. The predicted octanol–water partition coefficient (Wildman–Crippen LogP) is -0.781. The Morgan fingerprint density at radius 2 is 0.879 bits per heavy atom. The first-order chi connectivity index (χ1) is 29.2. The van der Waals surface area contributed by atoms with Gasteiger partial charge in [0, 0.05) is 36.4 Å². The topological polar surface area (TPSA) is 373 Å². The van der Waals surface area contributed by atoms with E-state index >= 15 is 0 Å². The Balaban J connectivity index is -0.000000182. The second-order valence-electron chi connectivity index (χ2n) is 12.4. The van der Waals surface area contributed by atoms with Gasteiger partial charge < -0.3 is 61.3 Å². The number of allylic oxidation sites excluding steroid dienone is 4. The summed E-state index contributed by atoms with van der Waals surface area (Å²) in [5, 5.41) is 97.0. The van der Waals surface area contributed by atoms with Crippen LogP contribution in [0.3, 0.4) is 0 Å². The van der Waals surface area contributed by atoms with Crippen LogP contribution in [-0.2, 0) is 20.5 Å². The van der Waals surface area contributed by atoms with Crippen molar-refractivity contribution in [3.8, 4) is 23.0 Å². The number of rotatable bonds is 10. The Labute approximate surface area is 444 Å². The average molecular weight is 1230 g/mol. The van der Waals surface area contributed by atoms with Gasteiger partial charge in [-0.05, 0) is 101 Å². The number of aliphatic hydroxyl groups excluding tert-OH is 2. The number of ether oxygens (including phenoxy) is 2. The molecule has 4 rings (SSSR count). The van der Waals surface area contributed by atoms with E-state index in [1.807, 2.05) is 0 Å². The number of hydrogen-bond donors (Lipinski definition) is 2. The van der Waals surface area contributed by atoms with Crippen molar-refractivity contribution < 1.29 is 145 Å². The van der Waals surface area contributed by atoms with Crippen molar-refractivity contribution >= 4 is 35.8 Å². The SMILES string of the molecule is CC(=O)/C=C(/C)[O-].CC(=O)/C=C(/C)[O-].CC(C)O.CC(C)O.COc1cccc(/C=N/N=C(\[O-])c2ccccn2)c1[O-].COc1cccc(/C=N/N=C(\[O-])c2ccccn2)c1[O-].[Er+3].[Er+3].[OH3+].[OH3+]. The monoisotopic (exact) mass is 1230 g/mol. The first kappa shape index (κ1) is 72.6. The summed E-state index contributed by atoms with van der Waals surface area (Å²) in [6, 6.07) is 19.4. The maximum absolute atomic E-state index is 11.8. The van der Waals surface area contributed by atoms with E-state index in [0.717, 1.165) is 12.2 Å². The van der Waals surface area contributed by atoms with Crippen LogP contribution in [0.15, 0.2) is 129 Å². The summed E-state index contributed by atoms with van der Waals surface area (Å²) in [5.74, 6) is -2.08. The Bertz CT molecular complexity index is 1940. The van der Waals surface area contributed by atoms with Crippen LogP contribution in [0.5, 0.6) is 23.0 Å². The van der Waals surface area contributed by atoms with Crippen LogP contribution in [0.4, 0.5) is 0 Å². The number of ketones is 2. The van der Waals surface area contributed by atoms with Crippen molar-refractivity contribution in [1.29, 1.82) is 0 Å². The molecule has 4 aromatic rings. The van der Waals surface area contributed by atoms with Gasteiger partial charge in [0.05, 0.1) is 38.0 Å². The summed E-state index contributed by atoms with van der Waals surface area (Å²) >= 11 is 0. The quantitative estimate of drug-likeness (QED) is 0.0492. The molecule has 0 amide bonds. The van der Waals surface area contributed by atoms with Gasteiger partial charge in [0.2, 0.25) is 0 Å². The van der Waals surface area contributed by atoms with Gasteiger partial charge in [-0.25, -0.2) is 0 Å². The molecule has 66 heavy (non-hydrogen) atoms. The van der Waals surface area contributed by atoms with Crippen molar-refractivity contribution in [2.75, 3.05) is 14.2 Å². The van der Waals surface area contributed by atoms with E-state index in [4.69, 9.17) is 19.7 Å². The molecule has 0 fully saturated rings. The first-order valence-corrected chi connectivity index (χ1v) is 18.3. The second kappa shape index (κ2) is 43.8. The molecule has 2 aromatic carbocycles. The molecular weight excluding hydrogens is 1170 g/mol. The number of para-hydroxylation sites is 2. The number of nitrogens with zero attached hydrogens (tertiary/aromatic N) is 6. The molecular formula is C44H58Er2N6O14+2. The Morgan fingerprint density at radius 3 is 1.09 bits per heavy atom. The van der Waals surface area contributed by atoms with Crippen LogP contribution in [0.1, 0.15) is 77.9 Å². The summed E-state index contributed by atoms with van der Waals surface area (Å²) in [6.07, 6.45) is 7.19. The summed E-state index contributed by atoms with van der Waals surface area (Å²) < 4.78 is 9.80. The Hall–Kier alpha value is -5.03. The third-order valence-electron chi connectivity index (χ3n) is 5.73. The molecule has 0 saturated heterocycles. The molecule has 0 bridgehead atoms. The van der Waals surface area contributed by atoms with E-state index in [9.17, 15) is 40.2 Å². The molecule has 0 aliphatic rings.